The number of aliphatic carboxylic acids is 1. The largest absolute Gasteiger partial charge is 0.481 e. The van der Waals surface area contributed by atoms with E-state index in [4.69, 9.17) is 11.5 Å². The molecule has 0 rings (SSSR count). The van der Waals surface area contributed by atoms with Crippen molar-refractivity contribution in [3.63, 3.8) is 0 Å². The average molecular weight is 240 g/mol. The minimum atomic E-state index is -0.924. The summed E-state index contributed by atoms with van der Waals surface area (Å²) in [5.41, 5.74) is 0. The molecular formula is C14H24O3. The van der Waals surface area contributed by atoms with Crippen LogP contribution in [0.2, 0.25) is 0 Å². The van der Waals surface area contributed by atoms with E-state index in [1.807, 2.05) is 0 Å². The molecule has 0 aromatic rings. The Balaban J connectivity index is 3.34. The minimum absolute atomic E-state index is 0.581. The highest BCUT2D eigenvalue weighted by Gasteiger charge is 2.20. The van der Waals surface area contributed by atoms with E-state index in [-0.39, 0.29) is 0 Å². The van der Waals surface area contributed by atoms with Crippen LogP contribution in [0.15, 0.2) is 0 Å². The number of unbranched alkanes of at least 4 members (excludes halogenated alkanes) is 6. The summed E-state index contributed by atoms with van der Waals surface area (Å²) in [6, 6.07) is 0. The zero-order valence-corrected chi connectivity index (χ0v) is 10.7. The van der Waals surface area contributed by atoms with Gasteiger partial charge in [-0.3, -0.25) is 4.79 Å². The van der Waals surface area contributed by atoms with Crippen molar-refractivity contribution in [1.29, 1.82) is 0 Å². The fourth-order valence-electron chi connectivity index (χ4n) is 1.70. The quantitative estimate of drug-likeness (QED) is 0.456. The van der Waals surface area contributed by atoms with Gasteiger partial charge >= 0.3 is 5.97 Å². The molecule has 0 radical (unpaired) electrons. The van der Waals surface area contributed by atoms with Crippen LogP contribution in [0.25, 0.3) is 0 Å². The normalized spacial score (nSPS) is 13.9. The van der Waals surface area contributed by atoms with Gasteiger partial charge in [0.2, 0.25) is 0 Å². The highest BCUT2D eigenvalue weighted by atomic mass is 16.4. The van der Waals surface area contributed by atoms with Gasteiger partial charge in [-0.05, 0) is 19.8 Å². The maximum absolute atomic E-state index is 10.6. The lowest BCUT2D eigenvalue weighted by atomic mass is 9.98. The number of aliphatic hydroxyl groups is 1. The molecule has 0 aliphatic heterocycles. The molecular weight excluding hydrogens is 216 g/mol. The van der Waals surface area contributed by atoms with Gasteiger partial charge in [0.1, 0.15) is 0 Å². The molecule has 0 aromatic heterocycles. The Morgan fingerprint density at radius 1 is 1.18 bits per heavy atom. The lowest BCUT2D eigenvalue weighted by Gasteiger charge is -2.14. The molecule has 2 atom stereocenters. The number of carboxylic acid groups (broad SMARTS) is 1. The molecule has 0 fully saturated rings. The van der Waals surface area contributed by atoms with Gasteiger partial charge in [0.25, 0.3) is 0 Å². The van der Waals surface area contributed by atoms with E-state index in [0.29, 0.717) is 6.42 Å². The van der Waals surface area contributed by atoms with Gasteiger partial charge in [0, 0.05) is 6.42 Å². The first kappa shape index (κ1) is 16.0. The highest BCUT2D eigenvalue weighted by Crippen LogP contribution is 2.13. The van der Waals surface area contributed by atoms with E-state index >= 15 is 0 Å². The first-order chi connectivity index (χ1) is 8.09. The lowest BCUT2D eigenvalue weighted by molar-refractivity contribution is -0.144. The Morgan fingerprint density at radius 2 is 1.71 bits per heavy atom. The van der Waals surface area contributed by atoms with Crippen molar-refractivity contribution in [2.75, 3.05) is 0 Å². The molecule has 17 heavy (non-hydrogen) atoms. The van der Waals surface area contributed by atoms with Gasteiger partial charge in [-0.1, -0.05) is 32.1 Å². The monoisotopic (exact) mass is 240 g/mol. The van der Waals surface area contributed by atoms with E-state index < -0.39 is 18.0 Å². The van der Waals surface area contributed by atoms with E-state index in [0.717, 1.165) is 38.5 Å². The highest BCUT2D eigenvalue weighted by molar-refractivity contribution is 5.70. The van der Waals surface area contributed by atoms with Crippen molar-refractivity contribution < 1.29 is 15.0 Å². The molecule has 3 heteroatoms. The first-order valence-corrected chi connectivity index (χ1v) is 6.44. The van der Waals surface area contributed by atoms with Gasteiger partial charge in [-0.15, -0.1) is 12.3 Å². The smallest absolute Gasteiger partial charge is 0.308 e. The van der Waals surface area contributed by atoms with Crippen molar-refractivity contribution in [3.8, 4) is 12.3 Å². The van der Waals surface area contributed by atoms with Gasteiger partial charge in [0.15, 0.2) is 0 Å². The Hall–Kier alpha value is -1.01. The van der Waals surface area contributed by atoms with Crippen LogP contribution in [0.3, 0.4) is 0 Å². The number of terminal acetylenes is 1. The van der Waals surface area contributed by atoms with Crippen molar-refractivity contribution in [2.45, 2.75) is 64.4 Å². The number of carboxylic acids is 1. The Morgan fingerprint density at radius 3 is 2.24 bits per heavy atom. The van der Waals surface area contributed by atoms with Crippen LogP contribution in [0.4, 0.5) is 0 Å². The van der Waals surface area contributed by atoms with Gasteiger partial charge in [-0.25, -0.2) is 0 Å². The first-order valence-electron chi connectivity index (χ1n) is 6.44. The molecule has 0 aromatic carbocycles. The summed E-state index contributed by atoms with van der Waals surface area (Å²) < 4.78 is 0. The summed E-state index contributed by atoms with van der Waals surface area (Å²) in [6.07, 6.45) is 12.4. The second-order valence-corrected chi connectivity index (χ2v) is 4.56. The maximum Gasteiger partial charge on any atom is 0.308 e. The Kier molecular flexibility index (Phi) is 9.56. The third-order valence-corrected chi connectivity index (χ3v) is 3.04. The van der Waals surface area contributed by atoms with Crippen LogP contribution in [-0.4, -0.2) is 22.3 Å². The van der Waals surface area contributed by atoms with Crippen LogP contribution in [0.1, 0.15) is 58.3 Å². The van der Waals surface area contributed by atoms with Crippen LogP contribution >= 0.6 is 0 Å². The molecule has 0 aliphatic carbocycles. The van der Waals surface area contributed by atoms with E-state index in [1.54, 1.807) is 6.92 Å². The van der Waals surface area contributed by atoms with E-state index in [1.165, 1.54) is 6.42 Å². The molecule has 0 saturated carbocycles. The maximum atomic E-state index is 10.6. The Labute approximate surface area is 104 Å². The Bertz CT molecular complexity index is 242. The lowest BCUT2D eigenvalue weighted by Crippen LogP contribution is -2.25. The van der Waals surface area contributed by atoms with Crippen LogP contribution in [-0.2, 0) is 4.79 Å². The molecule has 2 N–H and O–H groups in total. The number of aliphatic hydroxyl groups excluding tert-OH is 1. The second kappa shape index (κ2) is 10.2. The van der Waals surface area contributed by atoms with Gasteiger partial charge < -0.3 is 10.2 Å². The molecule has 3 nitrogen and oxygen atoms in total. The molecule has 2 unspecified atom stereocenters. The number of rotatable bonds is 10. The van der Waals surface area contributed by atoms with E-state index in [2.05, 4.69) is 5.92 Å². The van der Waals surface area contributed by atoms with Crippen LogP contribution in [0, 0.1) is 18.3 Å². The van der Waals surface area contributed by atoms with Crippen molar-refractivity contribution in [3.05, 3.63) is 0 Å². The molecule has 98 valence electrons. The van der Waals surface area contributed by atoms with Crippen LogP contribution < -0.4 is 0 Å². The fourth-order valence-corrected chi connectivity index (χ4v) is 1.70. The van der Waals surface area contributed by atoms with Crippen molar-refractivity contribution >= 4 is 5.97 Å². The molecule has 0 bridgehead atoms. The summed E-state index contributed by atoms with van der Waals surface area (Å²) in [5, 5.41) is 18.3. The summed E-state index contributed by atoms with van der Waals surface area (Å²) in [7, 11) is 0. The zero-order chi connectivity index (χ0) is 13.1. The average Bonchev–Trinajstić information content (AvgIpc) is 2.31. The molecule has 0 saturated heterocycles. The molecule has 0 spiro atoms. The predicted molar refractivity (Wildman–Crippen MR) is 68.6 cm³/mol. The third-order valence-electron chi connectivity index (χ3n) is 3.04. The third kappa shape index (κ3) is 8.76. The predicted octanol–water partition coefficient (Wildman–Crippen LogP) is 2.82. The van der Waals surface area contributed by atoms with Gasteiger partial charge in [-0.2, -0.15) is 0 Å². The topological polar surface area (TPSA) is 57.5 Å². The standard InChI is InChI=1S/C14H24O3/c1-3-4-5-6-7-8-9-10-11-13(15)12(2)14(16)17/h1,12-13,15H,4-11H2,2H3,(H,16,17). The van der Waals surface area contributed by atoms with Crippen molar-refractivity contribution in [1.82, 2.24) is 0 Å². The summed E-state index contributed by atoms with van der Waals surface area (Å²) in [5.74, 6) is 1.03. The summed E-state index contributed by atoms with van der Waals surface area (Å²) in [6.45, 7) is 1.55. The summed E-state index contributed by atoms with van der Waals surface area (Å²) >= 11 is 0. The number of carbonyl (C=O) groups is 1. The number of hydrogen-bond donors (Lipinski definition) is 2. The zero-order valence-electron chi connectivity index (χ0n) is 10.7. The van der Waals surface area contributed by atoms with Crippen LogP contribution in [0.5, 0.6) is 0 Å². The number of hydrogen-bond acceptors (Lipinski definition) is 2. The van der Waals surface area contributed by atoms with Crippen molar-refractivity contribution in [2.24, 2.45) is 5.92 Å². The van der Waals surface area contributed by atoms with E-state index in [9.17, 15) is 9.90 Å². The SMILES string of the molecule is C#CCCCCCCCCC(O)C(C)C(=O)O. The molecule has 0 amide bonds. The minimum Gasteiger partial charge on any atom is -0.481 e. The molecule has 0 aliphatic rings. The molecule has 0 heterocycles. The summed E-state index contributed by atoms with van der Waals surface area (Å²) in [4.78, 5) is 10.6. The second-order valence-electron chi connectivity index (χ2n) is 4.56. The van der Waals surface area contributed by atoms with Gasteiger partial charge in [0.05, 0.1) is 12.0 Å². The fraction of sp³-hybridized carbons (Fsp3) is 0.786.